The Hall–Kier alpha value is -5.32. The molecule has 0 saturated carbocycles. The summed E-state index contributed by atoms with van der Waals surface area (Å²) in [4.78, 5) is 73.1. The standard InChI is InChI=1S/C89H148O17P2/c1-5-9-13-17-21-25-29-33-37-39-41-43-47-50-54-58-62-66-70-74-87(92)100-80-85(106-89(94)76-72-68-64-60-56-52-48-44-42-40-38-34-30-26-22-18-14-10-6-2)82-104-108(97,98)102-78-83(90)77-101-107(95,96)103-81-84(105-88(93)75-71-67-63-59-55-51-46-36-32-28-24-20-16-12-8-4)79-99-86(91)73-69-65-61-57-53-49-45-35-31-27-23-19-15-11-7-3/h9-10,13-14,21-22,25-26,33-38,41-46,50,52,54,56,62,66,83-85,90H,5-8,11-12,15-20,23-24,27-32,39-40,47-49,51,53,55,57-61,63-65,67-82H2,1-4H3,(H,95,96)(H,97,98)/b13-9-,14-10-,25-21-,26-22-,37-33-,38-34-,43-41-,44-42-,45-35-,46-36-,54-50-,56-52-,66-62-/t83-,84+,85+/m0/s1. The highest BCUT2D eigenvalue weighted by Crippen LogP contribution is 2.45. The van der Waals surface area contributed by atoms with Gasteiger partial charge >= 0.3 is 39.5 Å². The summed E-state index contributed by atoms with van der Waals surface area (Å²) in [5.41, 5.74) is 0. The first-order valence-electron chi connectivity index (χ1n) is 41.7. The smallest absolute Gasteiger partial charge is 0.462 e. The molecule has 616 valence electrons. The van der Waals surface area contributed by atoms with Crippen LogP contribution in [0.2, 0.25) is 0 Å². The predicted molar refractivity (Wildman–Crippen MR) is 445 cm³/mol. The van der Waals surface area contributed by atoms with Crippen molar-refractivity contribution in [1.82, 2.24) is 0 Å². The third kappa shape index (κ3) is 78.8. The van der Waals surface area contributed by atoms with Gasteiger partial charge in [0.05, 0.1) is 26.4 Å². The summed E-state index contributed by atoms with van der Waals surface area (Å²) in [6.45, 7) is 4.51. The molecule has 0 aliphatic rings. The largest absolute Gasteiger partial charge is 0.472 e. The monoisotopic (exact) mass is 1550 g/mol. The van der Waals surface area contributed by atoms with E-state index in [2.05, 4.69) is 167 Å². The molecule has 0 aliphatic carbocycles. The van der Waals surface area contributed by atoms with Crippen LogP contribution in [0.4, 0.5) is 0 Å². The summed E-state index contributed by atoms with van der Waals surface area (Å²) < 4.78 is 68.6. The molecule has 108 heavy (non-hydrogen) atoms. The fourth-order valence-electron chi connectivity index (χ4n) is 10.7. The number of esters is 4. The van der Waals surface area contributed by atoms with E-state index in [-0.39, 0.29) is 25.7 Å². The van der Waals surface area contributed by atoms with Crippen LogP contribution in [0.15, 0.2) is 158 Å². The van der Waals surface area contributed by atoms with E-state index in [0.717, 1.165) is 161 Å². The summed E-state index contributed by atoms with van der Waals surface area (Å²) in [5.74, 6) is -2.33. The van der Waals surface area contributed by atoms with E-state index in [9.17, 15) is 43.2 Å². The van der Waals surface area contributed by atoms with E-state index in [1.807, 2.05) is 18.2 Å². The molecular weight excluding hydrogens is 1400 g/mol. The predicted octanol–water partition coefficient (Wildman–Crippen LogP) is 24.8. The topological polar surface area (TPSA) is 237 Å². The molecule has 0 spiro atoms. The number of carbonyl (C=O) groups excluding carboxylic acids is 4. The minimum Gasteiger partial charge on any atom is -0.462 e. The van der Waals surface area contributed by atoms with E-state index in [1.165, 1.54) is 77.0 Å². The van der Waals surface area contributed by atoms with Crippen LogP contribution in [-0.2, 0) is 65.4 Å². The Bertz CT molecular complexity index is 2660. The van der Waals surface area contributed by atoms with Crippen LogP contribution in [0.3, 0.4) is 0 Å². The second-order valence-corrected chi connectivity index (χ2v) is 30.2. The highest BCUT2D eigenvalue weighted by Gasteiger charge is 2.30. The van der Waals surface area contributed by atoms with E-state index in [1.54, 1.807) is 0 Å². The summed E-state index contributed by atoms with van der Waals surface area (Å²) in [6, 6.07) is 0. The number of hydrogen-bond acceptors (Lipinski definition) is 15. The van der Waals surface area contributed by atoms with Gasteiger partial charge in [-0.15, -0.1) is 0 Å². The molecular formula is C89H148O17P2. The number of ether oxygens (including phenoxy) is 4. The van der Waals surface area contributed by atoms with Gasteiger partial charge in [0.15, 0.2) is 12.2 Å². The average molecular weight is 1550 g/mol. The van der Waals surface area contributed by atoms with Crippen LogP contribution in [0.5, 0.6) is 0 Å². The lowest BCUT2D eigenvalue weighted by molar-refractivity contribution is -0.161. The van der Waals surface area contributed by atoms with Crippen molar-refractivity contribution in [2.24, 2.45) is 0 Å². The molecule has 0 aromatic heterocycles. The molecule has 17 nitrogen and oxygen atoms in total. The number of phosphoric acid groups is 2. The molecule has 0 aromatic rings. The van der Waals surface area contributed by atoms with Crippen molar-refractivity contribution in [2.45, 2.75) is 341 Å². The molecule has 0 saturated heterocycles. The van der Waals surface area contributed by atoms with Gasteiger partial charge in [0, 0.05) is 25.7 Å². The molecule has 0 heterocycles. The molecule has 0 fully saturated rings. The van der Waals surface area contributed by atoms with E-state index in [0.29, 0.717) is 32.1 Å². The molecule has 0 bridgehead atoms. The Morgan fingerprint density at radius 3 is 0.815 bits per heavy atom. The molecule has 5 atom stereocenters. The third-order valence-corrected chi connectivity index (χ3v) is 18.9. The number of carbonyl (C=O) groups is 4. The first-order chi connectivity index (χ1) is 52.7. The van der Waals surface area contributed by atoms with Crippen LogP contribution < -0.4 is 0 Å². The van der Waals surface area contributed by atoms with Gasteiger partial charge in [-0.05, 0) is 161 Å². The first-order valence-corrected chi connectivity index (χ1v) is 44.7. The summed E-state index contributed by atoms with van der Waals surface area (Å²) in [6.07, 6.45) is 93.7. The van der Waals surface area contributed by atoms with Gasteiger partial charge in [-0.2, -0.15) is 0 Å². The van der Waals surface area contributed by atoms with Crippen molar-refractivity contribution in [3.05, 3.63) is 158 Å². The van der Waals surface area contributed by atoms with Crippen LogP contribution >= 0.6 is 15.6 Å². The number of hydrogen-bond donors (Lipinski definition) is 3. The maximum absolute atomic E-state index is 13.1. The van der Waals surface area contributed by atoms with Crippen LogP contribution in [0.1, 0.15) is 323 Å². The average Bonchev–Trinajstić information content (AvgIpc) is 0.896. The molecule has 2 unspecified atom stereocenters. The number of phosphoric ester groups is 2. The van der Waals surface area contributed by atoms with E-state index >= 15 is 0 Å². The van der Waals surface area contributed by atoms with Gasteiger partial charge < -0.3 is 33.8 Å². The summed E-state index contributed by atoms with van der Waals surface area (Å²) in [7, 11) is -10.0. The minimum atomic E-state index is -5.01. The molecule has 0 amide bonds. The highest BCUT2D eigenvalue weighted by molar-refractivity contribution is 7.47. The summed E-state index contributed by atoms with van der Waals surface area (Å²) in [5, 5.41) is 10.7. The zero-order chi connectivity index (χ0) is 78.9. The fourth-order valence-corrected chi connectivity index (χ4v) is 12.3. The molecule has 0 aliphatic heterocycles. The Morgan fingerprint density at radius 1 is 0.269 bits per heavy atom. The van der Waals surface area contributed by atoms with Crippen molar-refractivity contribution in [2.75, 3.05) is 39.6 Å². The van der Waals surface area contributed by atoms with Crippen molar-refractivity contribution < 1.29 is 80.2 Å². The summed E-state index contributed by atoms with van der Waals surface area (Å²) >= 11 is 0. The molecule has 19 heteroatoms. The van der Waals surface area contributed by atoms with Gasteiger partial charge in [0.2, 0.25) is 0 Å². The normalized spacial score (nSPS) is 14.6. The number of aliphatic hydroxyl groups is 1. The van der Waals surface area contributed by atoms with Gasteiger partial charge in [-0.3, -0.25) is 37.3 Å². The van der Waals surface area contributed by atoms with Crippen molar-refractivity contribution in [1.29, 1.82) is 0 Å². The number of unbranched alkanes of at least 4 members (excludes halogenated alkanes) is 25. The lowest BCUT2D eigenvalue weighted by Gasteiger charge is -2.21. The van der Waals surface area contributed by atoms with Crippen LogP contribution in [-0.4, -0.2) is 96.7 Å². The molecule has 3 N–H and O–H groups in total. The van der Waals surface area contributed by atoms with Gasteiger partial charge in [-0.25, -0.2) is 9.13 Å². The third-order valence-electron chi connectivity index (χ3n) is 17.0. The quantitative estimate of drug-likeness (QED) is 0.0169. The second-order valence-electron chi connectivity index (χ2n) is 27.3. The number of allylic oxidation sites excluding steroid dienone is 26. The Balaban J connectivity index is 5.50. The Kier molecular flexibility index (Phi) is 75.8. The zero-order valence-corrected chi connectivity index (χ0v) is 69.3. The van der Waals surface area contributed by atoms with Gasteiger partial charge in [-0.1, -0.05) is 295 Å². The lowest BCUT2D eigenvalue weighted by atomic mass is 10.1. The van der Waals surface area contributed by atoms with Crippen LogP contribution in [0, 0.1) is 0 Å². The highest BCUT2D eigenvalue weighted by atomic mass is 31.2. The van der Waals surface area contributed by atoms with Gasteiger partial charge in [0.1, 0.15) is 19.3 Å². The maximum atomic E-state index is 13.1. The fraction of sp³-hybridized carbons (Fsp3) is 0.663. The van der Waals surface area contributed by atoms with Crippen molar-refractivity contribution in [3.8, 4) is 0 Å². The Morgan fingerprint density at radius 2 is 0.500 bits per heavy atom. The van der Waals surface area contributed by atoms with E-state index in [4.69, 9.17) is 37.0 Å². The zero-order valence-electron chi connectivity index (χ0n) is 67.5. The van der Waals surface area contributed by atoms with E-state index < -0.39 is 97.5 Å². The molecule has 0 rings (SSSR count). The van der Waals surface area contributed by atoms with Crippen molar-refractivity contribution in [3.63, 3.8) is 0 Å². The van der Waals surface area contributed by atoms with Gasteiger partial charge in [0.25, 0.3) is 0 Å². The van der Waals surface area contributed by atoms with Crippen LogP contribution in [0.25, 0.3) is 0 Å². The Labute approximate surface area is 655 Å². The number of aliphatic hydroxyl groups excluding tert-OH is 1. The second kappa shape index (κ2) is 79.8. The minimum absolute atomic E-state index is 0.0229. The first kappa shape index (κ1) is 103. The lowest BCUT2D eigenvalue weighted by Crippen LogP contribution is -2.30. The molecule has 0 radical (unpaired) electrons. The maximum Gasteiger partial charge on any atom is 0.472 e. The SMILES string of the molecule is CC/C=C\C/C=C\C/C=C\C/C=C\C/C=C\C/C=C\CCC(=O)OC[C@H](COP(=O)(O)OC[C@@H](O)COP(=O)(O)OC[C@@H](COC(=O)CCCCCCC/C=C\CCCCCCCC)OC(=O)CCCCCCC/C=C\CCCCCCCC)OC(=O)CCCCC/C=C\C/C=C\C/C=C\C/C=C\C/C=C\CC. The molecule has 0 aromatic carbocycles. The number of rotatable bonds is 77. The van der Waals surface area contributed by atoms with Crippen molar-refractivity contribution >= 4 is 39.5 Å².